The van der Waals surface area contributed by atoms with Crippen molar-refractivity contribution >= 4 is 5.97 Å². The zero-order chi connectivity index (χ0) is 21.4. The van der Waals surface area contributed by atoms with Crippen LogP contribution in [0.1, 0.15) is 60.3 Å². The molecule has 1 spiro atoms. The van der Waals surface area contributed by atoms with Crippen molar-refractivity contribution in [1.82, 2.24) is 0 Å². The van der Waals surface area contributed by atoms with Crippen molar-refractivity contribution in [1.29, 1.82) is 0 Å². The second-order valence-electron chi connectivity index (χ2n) is 11.5. The summed E-state index contributed by atoms with van der Waals surface area (Å²) in [7, 11) is 0. The lowest BCUT2D eigenvalue weighted by molar-refractivity contribution is -0.223. The van der Waals surface area contributed by atoms with Gasteiger partial charge in [-0.1, -0.05) is 13.8 Å². The molecule has 0 aromatic rings. The van der Waals surface area contributed by atoms with Crippen LogP contribution in [-0.4, -0.2) is 67.6 Å². The Balaban J connectivity index is 1.69. The number of carbonyl (C=O) groups is 1. The predicted octanol–water partition coefficient (Wildman–Crippen LogP) is 0.755. The van der Waals surface area contributed by atoms with Gasteiger partial charge in [-0.3, -0.25) is 4.79 Å². The zero-order valence-electron chi connectivity index (χ0n) is 17.9. The van der Waals surface area contributed by atoms with Gasteiger partial charge in [-0.05, 0) is 45.4 Å². The number of rotatable bonds is 1. The normalized spacial score (nSPS) is 61.9. The highest BCUT2D eigenvalue weighted by atomic mass is 16.6. The van der Waals surface area contributed by atoms with E-state index in [-0.39, 0.29) is 30.5 Å². The average Bonchev–Trinajstić information content (AvgIpc) is 3.29. The molecule has 5 fully saturated rings. The van der Waals surface area contributed by atoms with Crippen LogP contribution in [0.15, 0.2) is 0 Å². The van der Waals surface area contributed by atoms with Gasteiger partial charge in [0.15, 0.2) is 0 Å². The van der Waals surface area contributed by atoms with E-state index in [4.69, 9.17) is 9.47 Å². The van der Waals surface area contributed by atoms with Crippen LogP contribution in [-0.2, 0) is 14.3 Å². The van der Waals surface area contributed by atoms with Crippen LogP contribution in [0, 0.1) is 28.6 Å². The summed E-state index contributed by atoms with van der Waals surface area (Å²) in [5.74, 6) is -1.66. The van der Waals surface area contributed by atoms with E-state index in [2.05, 4.69) is 0 Å². The summed E-state index contributed by atoms with van der Waals surface area (Å²) in [6, 6.07) is 0. The number of fused-ring (bicyclic) bond motifs is 4. The van der Waals surface area contributed by atoms with Gasteiger partial charge in [-0.2, -0.15) is 0 Å². The summed E-state index contributed by atoms with van der Waals surface area (Å²) in [5.41, 5.74) is -5.47. The summed E-state index contributed by atoms with van der Waals surface area (Å²) >= 11 is 0. The number of hydrogen-bond acceptors (Lipinski definition) is 7. The molecule has 4 N–H and O–H groups in total. The fraction of sp³-hybridized carbons (Fsp3) is 0.955. The van der Waals surface area contributed by atoms with E-state index in [0.717, 1.165) is 0 Å². The van der Waals surface area contributed by atoms with Crippen LogP contribution in [0.2, 0.25) is 0 Å². The highest BCUT2D eigenvalue weighted by molar-refractivity contribution is 5.66. The minimum atomic E-state index is -1.53. The molecule has 7 nitrogen and oxygen atoms in total. The molecule has 0 unspecified atom stereocenters. The molecule has 0 amide bonds. The van der Waals surface area contributed by atoms with Gasteiger partial charge in [0.05, 0.1) is 29.5 Å². The number of aliphatic hydroxyl groups is 4. The maximum atomic E-state index is 12.0. The number of hydrogen-bond donors (Lipinski definition) is 4. The molecule has 0 aromatic heterocycles. The first-order valence-corrected chi connectivity index (χ1v) is 10.9. The lowest BCUT2D eigenvalue weighted by atomic mass is 9.57. The van der Waals surface area contributed by atoms with Crippen molar-refractivity contribution in [2.24, 2.45) is 28.6 Å². The molecule has 29 heavy (non-hydrogen) atoms. The van der Waals surface area contributed by atoms with E-state index in [1.54, 1.807) is 13.8 Å². The summed E-state index contributed by atoms with van der Waals surface area (Å²) in [4.78, 5) is 12.0. The largest absolute Gasteiger partial charge is 0.462 e. The van der Waals surface area contributed by atoms with Crippen molar-refractivity contribution in [2.75, 3.05) is 0 Å². The van der Waals surface area contributed by atoms with Crippen LogP contribution in [0.5, 0.6) is 0 Å². The first-order valence-electron chi connectivity index (χ1n) is 10.9. The third kappa shape index (κ3) is 2.14. The second kappa shape index (κ2) is 5.36. The smallest absolute Gasteiger partial charge is 0.302 e. The summed E-state index contributed by atoms with van der Waals surface area (Å²) in [6.45, 7) is 8.64. The molecule has 0 aromatic carbocycles. The lowest BCUT2D eigenvalue weighted by Gasteiger charge is -2.52. The third-order valence-electron chi connectivity index (χ3n) is 9.66. The molecule has 4 aliphatic carbocycles. The predicted molar refractivity (Wildman–Crippen MR) is 102 cm³/mol. The highest BCUT2D eigenvalue weighted by Crippen LogP contribution is 2.73. The Morgan fingerprint density at radius 1 is 1.10 bits per heavy atom. The molecule has 1 heterocycles. The van der Waals surface area contributed by atoms with E-state index >= 15 is 0 Å². The monoisotopic (exact) mass is 410 g/mol. The van der Waals surface area contributed by atoms with Crippen LogP contribution in [0.4, 0.5) is 0 Å². The first-order chi connectivity index (χ1) is 13.2. The zero-order valence-corrected chi connectivity index (χ0v) is 17.9. The molecule has 11 atom stereocenters. The molecule has 1 saturated heterocycles. The minimum Gasteiger partial charge on any atom is -0.462 e. The molecule has 5 aliphatic rings. The molecular formula is C22H34O7. The molecule has 1 aliphatic heterocycles. The summed E-state index contributed by atoms with van der Waals surface area (Å²) in [5, 5.41) is 46.6. The van der Waals surface area contributed by atoms with E-state index in [9.17, 15) is 25.2 Å². The maximum absolute atomic E-state index is 12.0. The van der Waals surface area contributed by atoms with Crippen LogP contribution in [0.3, 0.4) is 0 Å². The Labute approximate surface area is 171 Å². The molecule has 2 bridgehead atoms. The van der Waals surface area contributed by atoms with Gasteiger partial charge in [0.25, 0.3) is 0 Å². The van der Waals surface area contributed by atoms with Gasteiger partial charge in [0.2, 0.25) is 0 Å². The summed E-state index contributed by atoms with van der Waals surface area (Å²) in [6.07, 6.45) is -0.470. The van der Waals surface area contributed by atoms with Gasteiger partial charge >= 0.3 is 5.97 Å². The highest BCUT2D eigenvalue weighted by Gasteiger charge is 2.83. The first kappa shape index (κ1) is 20.2. The maximum Gasteiger partial charge on any atom is 0.302 e. The molecule has 0 radical (unpaired) electrons. The van der Waals surface area contributed by atoms with Crippen molar-refractivity contribution in [3.8, 4) is 0 Å². The average molecular weight is 411 g/mol. The van der Waals surface area contributed by atoms with E-state index < -0.39 is 51.7 Å². The SMILES string of the molecule is CC(=O)O[C@@H]1[C@H]2CC[C@H]3[C@@](C)(O)[C@@H]4[C@@H]5O[C@@H]5C(C)(C)[C@@]4(O)[C@@H](O)C[C@@]13C[C@@]2(C)O. The van der Waals surface area contributed by atoms with Gasteiger partial charge in [0.1, 0.15) is 11.7 Å². The van der Waals surface area contributed by atoms with Crippen LogP contribution >= 0.6 is 0 Å². The van der Waals surface area contributed by atoms with Crippen molar-refractivity contribution in [3.63, 3.8) is 0 Å². The fourth-order valence-corrected chi connectivity index (χ4v) is 8.61. The van der Waals surface area contributed by atoms with E-state index in [0.29, 0.717) is 19.3 Å². The van der Waals surface area contributed by atoms with Crippen molar-refractivity contribution in [2.45, 2.75) is 102 Å². The minimum absolute atomic E-state index is 0.175. The van der Waals surface area contributed by atoms with Crippen molar-refractivity contribution in [3.05, 3.63) is 0 Å². The molecule has 4 saturated carbocycles. The number of esters is 1. The molecule has 5 rings (SSSR count). The van der Waals surface area contributed by atoms with Gasteiger partial charge in [0, 0.05) is 29.6 Å². The topological polar surface area (TPSA) is 120 Å². The Morgan fingerprint density at radius 2 is 1.76 bits per heavy atom. The Hall–Kier alpha value is -0.730. The van der Waals surface area contributed by atoms with Gasteiger partial charge in [-0.25, -0.2) is 0 Å². The van der Waals surface area contributed by atoms with Gasteiger partial charge < -0.3 is 29.9 Å². The number of epoxide rings is 1. The Kier molecular flexibility index (Phi) is 3.73. The van der Waals surface area contributed by atoms with Crippen molar-refractivity contribution < 1.29 is 34.7 Å². The Morgan fingerprint density at radius 3 is 2.38 bits per heavy atom. The number of ether oxygens (including phenoxy) is 2. The van der Waals surface area contributed by atoms with E-state index in [1.165, 1.54) is 6.92 Å². The molecule has 164 valence electrons. The summed E-state index contributed by atoms with van der Waals surface area (Å²) < 4.78 is 11.6. The number of aliphatic hydroxyl groups excluding tert-OH is 1. The van der Waals surface area contributed by atoms with Crippen LogP contribution < -0.4 is 0 Å². The van der Waals surface area contributed by atoms with Gasteiger partial charge in [-0.15, -0.1) is 0 Å². The third-order valence-corrected chi connectivity index (χ3v) is 9.66. The molecular weight excluding hydrogens is 376 g/mol. The standard InChI is InChI=1S/C22H34O7/c1-10(23)28-16-11-6-7-12-20(5,26)15-14-17(29-14)18(2,3)22(15,27)13(24)8-21(12,16)9-19(11,4)25/h11-17,24-27H,6-9H2,1-5H3/t11-,12+,13+,14+,15+,16-,17+,19-,20-,21+,22-/m1/s1. The fourth-order valence-electron chi connectivity index (χ4n) is 8.61. The van der Waals surface area contributed by atoms with E-state index in [1.807, 2.05) is 13.8 Å². The van der Waals surface area contributed by atoms with Crippen LogP contribution in [0.25, 0.3) is 0 Å². The quantitative estimate of drug-likeness (QED) is 0.372. The Bertz CT molecular complexity index is 760. The molecule has 7 heteroatoms. The second-order valence-corrected chi connectivity index (χ2v) is 11.5. The lowest BCUT2D eigenvalue weighted by Crippen LogP contribution is -2.63. The number of carbonyl (C=O) groups excluding carboxylic acids is 1.